The van der Waals surface area contributed by atoms with Crippen LogP contribution in [0.25, 0.3) is 17.4 Å². The van der Waals surface area contributed by atoms with Crippen LogP contribution in [0.15, 0.2) is 70.7 Å². The summed E-state index contributed by atoms with van der Waals surface area (Å²) in [7, 11) is 0. The van der Waals surface area contributed by atoms with Crippen LogP contribution >= 0.6 is 0 Å². The van der Waals surface area contributed by atoms with Crippen LogP contribution < -0.4 is 15.3 Å². The van der Waals surface area contributed by atoms with Crippen LogP contribution in [0, 0.1) is 6.92 Å². The van der Waals surface area contributed by atoms with E-state index in [0.717, 1.165) is 10.5 Å². The van der Waals surface area contributed by atoms with Gasteiger partial charge in [-0.1, -0.05) is 35.9 Å². The molecular weight excluding hydrogens is 400 g/mol. The molecule has 1 aromatic heterocycles. The molecule has 4 amide bonds. The van der Waals surface area contributed by atoms with Crippen molar-refractivity contribution in [2.45, 2.75) is 6.92 Å². The number of urea groups is 1. The molecule has 0 saturated carbocycles. The number of carboxylic acids is 1. The van der Waals surface area contributed by atoms with Crippen LogP contribution in [0.5, 0.6) is 0 Å². The van der Waals surface area contributed by atoms with Crippen LogP contribution in [-0.4, -0.2) is 23.8 Å². The number of aryl methyl sites for hydroxylation is 1. The SMILES string of the molecule is Cc1ccc(N2C(=O)NC(=O)/C(=C\c3ccc(-c4cccc(C(=O)[O-])c4)o3)C2=O)cc1. The molecule has 0 atom stereocenters. The normalized spacial score (nSPS) is 15.3. The minimum atomic E-state index is -1.32. The van der Waals surface area contributed by atoms with E-state index in [2.05, 4.69) is 5.32 Å². The standard InChI is InChI=1S/C23H16N2O6/c1-13-5-7-16(8-6-13)25-21(27)18(20(26)24-23(25)30)12-17-9-10-19(31-17)14-3-2-4-15(11-14)22(28)29/h2-12H,1H3,(H,28,29)(H,24,26,30)/p-1/b18-12+. The number of nitrogens with zero attached hydrogens (tertiary/aromatic N) is 1. The maximum absolute atomic E-state index is 12.9. The molecule has 0 radical (unpaired) electrons. The summed E-state index contributed by atoms with van der Waals surface area (Å²) in [5, 5.41) is 13.2. The summed E-state index contributed by atoms with van der Waals surface area (Å²) in [5.74, 6) is -2.42. The number of imide groups is 2. The second kappa shape index (κ2) is 7.75. The smallest absolute Gasteiger partial charge is 0.335 e. The minimum Gasteiger partial charge on any atom is -0.545 e. The fourth-order valence-corrected chi connectivity index (χ4v) is 3.11. The summed E-state index contributed by atoms with van der Waals surface area (Å²) < 4.78 is 5.66. The first kappa shape index (κ1) is 19.8. The lowest BCUT2D eigenvalue weighted by atomic mass is 10.1. The first-order valence-corrected chi connectivity index (χ1v) is 9.23. The van der Waals surface area contributed by atoms with E-state index in [1.54, 1.807) is 42.5 Å². The Hall–Kier alpha value is -4.46. The largest absolute Gasteiger partial charge is 0.545 e. The Labute approximate surface area is 176 Å². The Balaban J connectivity index is 1.66. The number of hydrogen-bond acceptors (Lipinski definition) is 6. The second-order valence-corrected chi connectivity index (χ2v) is 6.86. The molecule has 8 heteroatoms. The molecule has 31 heavy (non-hydrogen) atoms. The Bertz CT molecular complexity index is 1250. The minimum absolute atomic E-state index is 0.0112. The van der Waals surface area contributed by atoms with Gasteiger partial charge in [0.2, 0.25) is 0 Å². The number of hydrogen-bond donors (Lipinski definition) is 1. The summed E-state index contributed by atoms with van der Waals surface area (Å²) >= 11 is 0. The molecule has 1 aliphatic heterocycles. The average Bonchev–Trinajstić information content (AvgIpc) is 3.21. The Morgan fingerprint density at radius 1 is 1.03 bits per heavy atom. The van der Waals surface area contributed by atoms with Gasteiger partial charge < -0.3 is 14.3 Å². The third-order valence-corrected chi connectivity index (χ3v) is 4.69. The van der Waals surface area contributed by atoms with E-state index in [4.69, 9.17) is 4.42 Å². The van der Waals surface area contributed by atoms with Crippen LogP contribution in [0.3, 0.4) is 0 Å². The zero-order valence-electron chi connectivity index (χ0n) is 16.2. The lowest BCUT2D eigenvalue weighted by molar-refractivity contribution is -0.255. The highest BCUT2D eigenvalue weighted by atomic mass is 16.4. The number of barbiturate groups is 1. The molecule has 2 aromatic carbocycles. The van der Waals surface area contributed by atoms with Crippen molar-refractivity contribution in [3.8, 4) is 11.3 Å². The van der Waals surface area contributed by atoms with Gasteiger partial charge in [0.15, 0.2) is 0 Å². The third-order valence-electron chi connectivity index (χ3n) is 4.69. The Kier molecular flexibility index (Phi) is 4.96. The highest BCUT2D eigenvalue weighted by Gasteiger charge is 2.37. The van der Waals surface area contributed by atoms with E-state index in [9.17, 15) is 24.3 Å². The van der Waals surface area contributed by atoms with E-state index in [0.29, 0.717) is 17.0 Å². The number of benzene rings is 2. The van der Waals surface area contributed by atoms with Crippen molar-refractivity contribution in [1.29, 1.82) is 0 Å². The topological polar surface area (TPSA) is 120 Å². The zero-order valence-corrected chi connectivity index (χ0v) is 16.2. The molecule has 1 fully saturated rings. The van der Waals surface area contributed by atoms with E-state index in [-0.39, 0.29) is 16.9 Å². The molecule has 1 aliphatic rings. The van der Waals surface area contributed by atoms with Gasteiger partial charge in [0.05, 0.1) is 11.7 Å². The summed E-state index contributed by atoms with van der Waals surface area (Å²) in [4.78, 5) is 49.4. The molecule has 3 aromatic rings. The lowest BCUT2D eigenvalue weighted by Gasteiger charge is -2.26. The molecule has 4 rings (SSSR count). The average molecular weight is 415 g/mol. The quantitative estimate of drug-likeness (QED) is 0.516. The predicted octanol–water partition coefficient (Wildman–Crippen LogP) is 2.28. The fraction of sp³-hybridized carbons (Fsp3) is 0.0435. The van der Waals surface area contributed by atoms with Gasteiger partial charge in [-0.25, -0.2) is 9.69 Å². The van der Waals surface area contributed by atoms with Gasteiger partial charge in [-0.05, 0) is 48.9 Å². The molecule has 2 heterocycles. The number of carboxylic acid groups (broad SMARTS) is 1. The zero-order chi connectivity index (χ0) is 22.1. The molecular formula is C23H15N2O6-. The van der Waals surface area contributed by atoms with Crippen molar-refractivity contribution >= 4 is 35.6 Å². The summed E-state index contributed by atoms with van der Waals surface area (Å²) in [6.07, 6.45) is 1.23. The molecule has 0 bridgehead atoms. The van der Waals surface area contributed by atoms with Crippen LogP contribution in [0.1, 0.15) is 21.7 Å². The number of nitrogens with one attached hydrogen (secondary N) is 1. The summed E-state index contributed by atoms with van der Waals surface area (Å²) in [6, 6.07) is 15.0. The van der Waals surface area contributed by atoms with E-state index in [1.807, 2.05) is 6.92 Å². The first-order chi connectivity index (χ1) is 14.8. The number of carbonyl (C=O) groups excluding carboxylic acids is 4. The molecule has 0 aliphatic carbocycles. The van der Waals surface area contributed by atoms with Crippen molar-refractivity contribution in [3.63, 3.8) is 0 Å². The first-order valence-electron chi connectivity index (χ1n) is 9.23. The predicted molar refractivity (Wildman–Crippen MR) is 109 cm³/mol. The monoisotopic (exact) mass is 415 g/mol. The molecule has 0 spiro atoms. The van der Waals surface area contributed by atoms with Crippen LogP contribution in [-0.2, 0) is 9.59 Å². The van der Waals surface area contributed by atoms with Crippen molar-refractivity contribution in [1.82, 2.24) is 5.32 Å². The number of carbonyl (C=O) groups is 4. The van der Waals surface area contributed by atoms with Gasteiger partial charge in [-0.15, -0.1) is 0 Å². The summed E-state index contributed by atoms with van der Waals surface area (Å²) in [5.41, 5.74) is 1.48. The van der Waals surface area contributed by atoms with Crippen molar-refractivity contribution < 1.29 is 28.7 Å². The van der Waals surface area contributed by atoms with E-state index < -0.39 is 23.8 Å². The highest BCUT2D eigenvalue weighted by Crippen LogP contribution is 2.26. The van der Waals surface area contributed by atoms with E-state index in [1.165, 1.54) is 24.3 Å². The lowest BCUT2D eigenvalue weighted by Crippen LogP contribution is -2.54. The third kappa shape index (κ3) is 3.86. The Morgan fingerprint density at radius 2 is 1.77 bits per heavy atom. The van der Waals surface area contributed by atoms with Gasteiger partial charge in [0.25, 0.3) is 11.8 Å². The van der Waals surface area contributed by atoms with Crippen molar-refractivity contribution in [2.75, 3.05) is 4.90 Å². The van der Waals surface area contributed by atoms with E-state index >= 15 is 0 Å². The molecule has 1 saturated heterocycles. The maximum atomic E-state index is 12.9. The maximum Gasteiger partial charge on any atom is 0.335 e. The second-order valence-electron chi connectivity index (χ2n) is 6.86. The summed E-state index contributed by atoms with van der Waals surface area (Å²) in [6.45, 7) is 1.87. The number of aromatic carboxylic acids is 1. The van der Waals surface area contributed by atoms with Crippen molar-refractivity contribution in [3.05, 3.63) is 83.1 Å². The van der Waals surface area contributed by atoms with Crippen LogP contribution in [0.2, 0.25) is 0 Å². The van der Waals surface area contributed by atoms with Crippen molar-refractivity contribution in [2.24, 2.45) is 0 Å². The van der Waals surface area contributed by atoms with Gasteiger partial charge in [0, 0.05) is 5.56 Å². The number of amides is 4. The van der Waals surface area contributed by atoms with Gasteiger partial charge >= 0.3 is 6.03 Å². The molecule has 154 valence electrons. The Morgan fingerprint density at radius 3 is 2.48 bits per heavy atom. The highest BCUT2D eigenvalue weighted by molar-refractivity contribution is 6.39. The van der Waals surface area contributed by atoms with Gasteiger partial charge in [-0.2, -0.15) is 0 Å². The number of rotatable bonds is 4. The molecule has 0 unspecified atom stereocenters. The molecule has 1 N–H and O–H groups in total. The van der Waals surface area contributed by atoms with Crippen LogP contribution in [0.4, 0.5) is 10.5 Å². The molecule has 8 nitrogen and oxygen atoms in total. The van der Waals surface area contributed by atoms with Gasteiger partial charge in [0.1, 0.15) is 17.1 Å². The number of furan rings is 1. The van der Waals surface area contributed by atoms with Gasteiger partial charge in [-0.3, -0.25) is 14.9 Å². The fourth-order valence-electron chi connectivity index (χ4n) is 3.11. The number of anilines is 1.